The minimum absolute atomic E-state index is 0.238. The van der Waals surface area contributed by atoms with E-state index in [1.165, 1.54) is 22.7 Å². The lowest BCUT2D eigenvalue weighted by atomic mass is 10.1. The molecule has 1 amide bonds. The number of nitrogen functional groups attached to an aromatic ring is 1. The molecule has 0 aliphatic carbocycles. The number of benzene rings is 1. The highest BCUT2D eigenvalue weighted by atomic mass is 32.1. The number of carbonyl (C=O) groups is 1. The van der Waals surface area contributed by atoms with E-state index in [1.54, 1.807) is 5.38 Å². The largest absolute Gasteiger partial charge is 0.399 e. The number of thiazole rings is 2. The lowest BCUT2D eigenvalue weighted by molar-refractivity contribution is 0.102. The number of hydrogen-bond acceptors (Lipinski definition) is 6. The summed E-state index contributed by atoms with van der Waals surface area (Å²) in [6.45, 7) is 1.87. The Morgan fingerprint density at radius 2 is 1.90 bits per heavy atom. The van der Waals surface area contributed by atoms with Crippen molar-refractivity contribution >= 4 is 39.4 Å². The lowest BCUT2D eigenvalue weighted by Crippen LogP contribution is -2.12. The van der Waals surface area contributed by atoms with Gasteiger partial charge in [0, 0.05) is 22.0 Å². The van der Waals surface area contributed by atoms with Crippen LogP contribution in [0.15, 0.2) is 35.0 Å². The van der Waals surface area contributed by atoms with E-state index < -0.39 is 0 Å². The van der Waals surface area contributed by atoms with Crippen molar-refractivity contribution in [3.8, 4) is 11.3 Å². The summed E-state index contributed by atoms with van der Waals surface area (Å²) in [5.41, 5.74) is 8.56. The molecule has 0 fully saturated rings. The molecule has 0 spiro atoms. The Kier molecular flexibility index (Phi) is 3.68. The predicted molar refractivity (Wildman–Crippen MR) is 86.8 cm³/mol. The minimum atomic E-state index is -0.238. The van der Waals surface area contributed by atoms with E-state index in [4.69, 9.17) is 5.73 Å². The summed E-state index contributed by atoms with van der Waals surface area (Å²) in [7, 11) is 0. The van der Waals surface area contributed by atoms with Crippen molar-refractivity contribution in [2.45, 2.75) is 6.92 Å². The number of anilines is 2. The first-order chi connectivity index (χ1) is 10.1. The highest BCUT2D eigenvalue weighted by molar-refractivity contribution is 7.14. The van der Waals surface area contributed by atoms with E-state index >= 15 is 0 Å². The van der Waals surface area contributed by atoms with Gasteiger partial charge in [0.15, 0.2) is 5.13 Å². The number of nitrogens with two attached hydrogens (primary N) is 1. The third-order valence-corrected chi connectivity index (χ3v) is 4.31. The molecule has 0 saturated carbocycles. The van der Waals surface area contributed by atoms with E-state index in [9.17, 15) is 4.79 Å². The molecular weight excluding hydrogens is 304 g/mol. The molecule has 7 heteroatoms. The zero-order chi connectivity index (χ0) is 14.8. The van der Waals surface area contributed by atoms with Gasteiger partial charge in [-0.25, -0.2) is 9.97 Å². The molecule has 0 saturated heterocycles. The molecule has 3 aromatic rings. The normalized spacial score (nSPS) is 10.5. The van der Waals surface area contributed by atoms with Gasteiger partial charge in [-0.1, -0.05) is 12.1 Å². The van der Waals surface area contributed by atoms with Gasteiger partial charge in [-0.05, 0) is 19.1 Å². The van der Waals surface area contributed by atoms with Crippen molar-refractivity contribution in [2.24, 2.45) is 0 Å². The van der Waals surface area contributed by atoms with Crippen LogP contribution >= 0.6 is 22.7 Å². The summed E-state index contributed by atoms with van der Waals surface area (Å²) >= 11 is 2.83. The fourth-order valence-electron chi connectivity index (χ4n) is 1.75. The highest BCUT2D eigenvalue weighted by Gasteiger charge is 2.12. The monoisotopic (exact) mass is 316 g/mol. The Morgan fingerprint density at radius 1 is 1.14 bits per heavy atom. The van der Waals surface area contributed by atoms with Crippen LogP contribution < -0.4 is 11.1 Å². The third-order valence-electron chi connectivity index (χ3n) is 2.78. The van der Waals surface area contributed by atoms with Crippen molar-refractivity contribution in [3.63, 3.8) is 0 Å². The Hall–Kier alpha value is -2.25. The van der Waals surface area contributed by atoms with Crippen molar-refractivity contribution in [1.29, 1.82) is 0 Å². The first kappa shape index (κ1) is 13.7. The van der Waals surface area contributed by atoms with E-state index in [0.717, 1.165) is 16.3 Å². The average Bonchev–Trinajstić information content (AvgIpc) is 3.09. The summed E-state index contributed by atoms with van der Waals surface area (Å²) in [6, 6.07) is 7.45. The number of aromatic nitrogens is 2. The van der Waals surface area contributed by atoms with Crippen LogP contribution in [0.4, 0.5) is 10.8 Å². The molecule has 0 bridgehead atoms. The van der Waals surface area contributed by atoms with E-state index in [1.807, 2.05) is 36.6 Å². The molecule has 3 N–H and O–H groups in total. The second-order valence-electron chi connectivity index (χ2n) is 4.37. The quantitative estimate of drug-likeness (QED) is 0.726. The number of carbonyl (C=O) groups excluding carboxylic acids is 1. The zero-order valence-corrected chi connectivity index (χ0v) is 12.8. The molecule has 0 atom stereocenters. The van der Waals surface area contributed by atoms with Gasteiger partial charge in [0.25, 0.3) is 5.91 Å². The summed E-state index contributed by atoms with van der Waals surface area (Å²) in [5, 5.41) is 7.81. The maximum atomic E-state index is 12.0. The van der Waals surface area contributed by atoms with E-state index in [0.29, 0.717) is 16.5 Å². The average molecular weight is 316 g/mol. The maximum absolute atomic E-state index is 12.0. The number of amides is 1. The van der Waals surface area contributed by atoms with Crippen LogP contribution in [0, 0.1) is 6.92 Å². The van der Waals surface area contributed by atoms with Crippen LogP contribution in [-0.2, 0) is 0 Å². The topological polar surface area (TPSA) is 80.9 Å². The standard InChI is InChI=1S/C14H12N4OS2/c1-8-16-12(7-20-8)13(19)18-14-17-11(6-21-14)9-2-4-10(15)5-3-9/h2-7H,15H2,1H3,(H,17,18,19). The number of hydrogen-bond donors (Lipinski definition) is 2. The van der Waals surface area contributed by atoms with Crippen LogP contribution in [0.1, 0.15) is 15.5 Å². The Bertz CT molecular complexity index is 776. The highest BCUT2D eigenvalue weighted by Crippen LogP contribution is 2.25. The van der Waals surface area contributed by atoms with Gasteiger partial charge in [0.1, 0.15) is 5.69 Å². The Morgan fingerprint density at radius 3 is 2.57 bits per heavy atom. The minimum Gasteiger partial charge on any atom is -0.399 e. The molecule has 0 unspecified atom stereocenters. The van der Waals surface area contributed by atoms with Gasteiger partial charge in [0.2, 0.25) is 0 Å². The molecular formula is C14H12N4OS2. The van der Waals surface area contributed by atoms with Crippen molar-refractivity contribution in [3.05, 3.63) is 45.7 Å². The Balaban J connectivity index is 1.76. The maximum Gasteiger partial charge on any atom is 0.276 e. The van der Waals surface area contributed by atoms with Crippen LogP contribution in [-0.4, -0.2) is 15.9 Å². The van der Waals surface area contributed by atoms with Crippen LogP contribution in [0.2, 0.25) is 0 Å². The number of rotatable bonds is 3. The molecule has 21 heavy (non-hydrogen) atoms. The van der Waals surface area contributed by atoms with Crippen LogP contribution in [0.3, 0.4) is 0 Å². The molecule has 5 nitrogen and oxygen atoms in total. The second kappa shape index (κ2) is 5.63. The first-order valence-corrected chi connectivity index (χ1v) is 7.92. The van der Waals surface area contributed by atoms with Gasteiger partial charge in [-0.15, -0.1) is 22.7 Å². The number of aryl methyl sites for hydroxylation is 1. The number of nitrogens with one attached hydrogen (secondary N) is 1. The molecule has 2 heterocycles. The summed E-state index contributed by atoms with van der Waals surface area (Å²) < 4.78 is 0. The van der Waals surface area contributed by atoms with Gasteiger partial charge >= 0.3 is 0 Å². The van der Waals surface area contributed by atoms with Crippen molar-refractivity contribution < 1.29 is 4.79 Å². The van der Waals surface area contributed by atoms with Crippen molar-refractivity contribution in [1.82, 2.24) is 9.97 Å². The lowest BCUT2D eigenvalue weighted by Gasteiger charge is -1.98. The predicted octanol–water partition coefficient (Wildman–Crippen LogP) is 3.41. The molecule has 0 aliphatic heterocycles. The fraction of sp³-hybridized carbons (Fsp3) is 0.0714. The molecule has 0 aliphatic rings. The molecule has 3 rings (SSSR count). The summed E-state index contributed by atoms with van der Waals surface area (Å²) in [5.74, 6) is -0.238. The SMILES string of the molecule is Cc1nc(C(=O)Nc2nc(-c3ccc(N)cc3)cs2)cs1. The van der Waals surface area contributed by atoms with Gasteiger partial charge in [0.05, 0.1) is 10.7 Å². The van der Waals surface area contributed by atoms with E-state index in [2.05, 4.69) is 15.3 Å². The summed E-state index contributed by atoms with van der Waals surface area (Å²) in [6.07, 6.45) is 0. The summed E-state index contributed by atoms with van der Waals surface area (Å²) in [4.78, 5) is 20.6. The zero-order valence-electron chi connectivity index (χ0n) is 11.2. The number of nitrogens with zero attached hydrogens (tertiary/aromatic N) is 2. The fourth-order valence-corrected chi connectivity index (χ4v) is 3.05. The van der Waals surface area contributed by atoms with Crippen LogP contribution in [0.5, 0.6) is 0 Å². The molecule has 1 aromatic carbocycles. The van der Waals surface area contributed by atoms with Gasteiger partial charge in [-0.3, -0.25) is 10.1 Å². The third kappa shape index (κ3) is 3.09. The van der Waals surface area contributed by atoms with E-state index in [-0.39, 0.29) is 5.91 Å². The molecule has 0 radical (unpaired) electrons. The molecule has 2 aromatic heterocycles. The smallest absolute Gasteiger partial charge is 0.276 e. The Labute approximate surface area is 129 Å². The molecule has 106 valence electrons. The van der Waals surface area contributed by atoms with Crippen molar-refractivity contribution in [2.75, 3.05) is 11.1 Å². The van der Waals surface area contributed by atoms with Gasteiger partial charge < -0.3 is 5.73 Å². The van der Waals surface area contributed by atoms with Gasteiger partial charge in [-0.2, -0.15) is 0 Å². The van der Waals surface area contributed by atoms with Crippen LogP contribution in [0.25, 0.3) is 11.3 Å². The first-order valence-electron chi connectivity index (χ1n) is 6.17. The second-order valence-corrected chi connectivity index (χ2v) is 6.29.